The van der Waals surface area contributed by atoms with Crippen LogP contribution in [-0.4, -0.2) is 15.9 Å². The number of anilines is 1. The standard InChI is InChI=1S/C24H21N3OS2/c1-15-4-6-19(7-5-15)30-20-12-16(2)22(17(3)13-20)21-14-29-24(26-21)27-23(28)18-8-10-25-11-9-18/h4-14H,1-3H3,(H,26,27,28). The third-order valence-electron chi connectivity index (χ3n) is 4.69. The van der Waals surface area contributed by atoms with Gasteiger partial charge in [0.2, 0.25) is 0 Å². The second-order valence-corrected chi connectivity index (χ2v) is 9.08. The second kappa shape index (κ2) is 8.81. The Morgan fingerprint density at radius 1 is 0.933 bits per heavy atom. The summed E-state index contributed by atoms with van der Waals surface area (Å²) in [5.74, 6) is -0.184. The van der Waals surface area contributed by atoms with Crippen molar-refractivity contribution in [3.05, 3.63) is 88.6 Å². The van der Waals surface area contributed by atoms with Crippen LogP contribution >= 0.6 is 23.1 Å². The van der Waals surface area contributed by atoms with Crippen molar-refractivity contribution >= 4 is 34.1 Å². The highest BCUT2D eigenvalue weighted by atomic mass is 32.2. The molecule has 4 aromatic rings. The van der Waals surface area contributed by atoms with E-state index < -0.39 is 0 Å². The molecular weight excluding hydrogens is 410 g/mol. The van der Waals surface area contributed by atoms with Gasteiger partial charge in [0.25, 0.3) is 5.91 Å². The van der Waals surface area contributed by atoms with Crippen LogP contribution in [0.25, 0.3) is 11.3 Å². The number of rotatable bonds is 5. The maximum atomic E-state index is 12.4. The van der Waals surface area contributed by atoms with Gasteiger partial charge >= 0.3 is 0 Å². The zero-order valence-electron chi connectivity index (χ0n) is 17.0. The molecule has 30 heavy (non-hydrogen) atoms. The van der Waals surface area contributed by atoms with E-state index >= 15 is 0 Å². The van der Waals surface area contributed by atoms with Gasteiger partial charge in [0, 0.05) is 38.7 Å². The van der Waals surface area contributed by atoms with Crippen LogP contribution in [0.3, 0.4) is 0 Å². The molecule has 2 aromatic heterocycles. The predicted octanol–water partition coefficient (Wildman–Crippen LogP) is 6.53. The van der Waals surface area contributed by atoms with E-state index in [1.165, 1.54) is 37.8 Å². The van der Waals surface area contributed by atoms with Crippen LogP contribution in [0, 0.1) is 20.8 Å². The Hall–Kier alpha value is -2.96. The molecule has 150 valence electrons. The largest absolute Gasteiger partial charge is 0.298 e. The SMILES string of the molecule is Cc1ccc(Sc2cc(C)c(-c3csc(NC(=O)c4ccncc4)n3)c(C)c2)cc1. The maximum absolute atomic E-state index is 12.4. The van der Waals surface area contributed by atoms with Crippen LogP contribution in [0.4, 0.5) is 5.13 Å². The van der Waals surface area contributed by atoms with Crippen LogP contribution in [0.1, 0.15) is 27.0 Å². The first-order chi connectivity index (χ1) is 14.5. The highest BCUT2D eigenvalue weighted by Crippen LogP contribution is 2.36. The fourth-order valence-electron chi connectivity index (χ4n) is 3.25. The van der Waals surface area contributed by atoms with Gasteiger partial charge in [-0.3, -0.25) is 15.1 Å². The molecule has 0 atom stereocenters. The minimum absolute atomic E-state index is 0.184. The zero-order chi connectivity index (χ0) is 21.1. The van der Waals surface area contributed by atoms with Crippen molar-refractivity contribution in [2.75, 3.05) is 5.32 Å². The van der Waals surface area contributed by atoms with Crippen molar-refractivity contribution in [2.45, 2.75) is 30.6 Å². The van der Waals surface area contributed by atoms with Gasteiger partial charge in [-0.1, -0.05) is 29.5 Å². The first-order valence-corrected chi connectivity index (χ1v) is 11.2. The molecule has 0 aliphatic carbocycles. The number of hydrogen-bond acceptors (Lipinski definition) is 5. The lowest BCUT2D eigenvalue weighted by Gasteiger charge is -2.11. The normalized spacial score (nSPS) is 10.8. The van der Waals surface area contributed by atoms with E-state index in [1.807, 2.05) is 5.38 Å². The van der Waals surface area contributed by atoms with Gasteiger partial charge in [-0.05, 0) is 68.3 Å². The molecule has 4 rings (SSSR count). The molecule has 0 spiro atoms. The summed E-state index contributed by atoms with van der Waals surface area (Å²) in [5.41, 5.74) is 6.16. The summed E-state index contributed by atoms with van der Waals surface area (Å²) in [5, 5.41) is 5.45. The monoisotopic (exact) mass is 431 g/mol. The molecule has 2 aromatic carbocycles. The molecule has 0 radical (unpaired) electrons. The predicted molar refractivity (Wildman–Crippen MR) is 125 cm³/mol. The van der Waals surface area contributed by atoms with Gasteiger partial charge in [-0.2, -0.15) is 0 Å². The zero-order valence-corrected chi connectivity index (χ0v) is 18.6. The summed E-state index contributed by atoms with van der Waals surface area (Å²) in [4.78, 5) is 23.4. The molecule has 0 fully saturated rings. The van der Waals surface area contributed by atoms with Crippen molar-refractivity contribution in [1.29, 1.82) is 0 Å². The fraction of sp³-hybridized carbons (Fsp3) is 0.125. The number of pyridine rings is 1. The van der Waals surface area contributed by atoms with Gasteiger partial charge in [-0.15, -0.1) is 11.3 Å². The summed E-state index contributed by atoms with van der Waals surface area (Å²) < 4.78 is 0. The molecule has 0 aliphatic heterocycles. The molecular formula is C24H21N3OS2. The summed E-state index contributed by atoms with van der Waals surface area (Å²) in [6.07, 6.45) is 3.20. The van der Waals surface area contributed by atoms with Crippen LogP contribution in [0.5, 0.6) is 0 Å². The van der Waals surface area contributed by atoms with E-state index in [0.29, 0.717) is 10.7 Å². The minimum Gasteiger partial charge on any atom is -0.298 e. The van der Waals surface area contributed by atoms with Crippen molar-refractivity contribution < 1.29 is 4.79 Å². The Morgan fingerprint density at radius 3 is 2.27 bits per heavy atom. The van der Waals surface area contributed by atoms with Crippen molar-refractivity contribution in [3.8, 4) is 11.3 Å². The number of carbonyl (C=O) groups is 1. The van der Waals surface area contributed by atoms with Gasteiger partial charge in [0.05, 0.1) is 5.69 Å². The van der Waals surface area contributed by atoms with Crippen LogP contribution in [0.2, 0.25) is 0 Å². The lowest BCUT2D eigenvalue weighted by Crippen LogP contribution is -2.11. The number of benzene rings is 2. The maximum Gasteiger partial charge on any atom is 0.257 e. The number of nitrogens with zero attached hydrogens (tertiary/aromatic N) is 2. The number of thiazole rings is 1. The molecule has 1 N–H and O–H groups in total. The lowest BCUT2D eigenvalue weighted by atomic mass is 10.0. The van der Waals surface area contributed by atoms with E-state index in [-0.39, 0.29) is 5.91 Å². The summed E-state index contributed by atoms with van der Waals surface area (Å²) >= 11 is 3.19. The van der Waals surface area contributed by atoms with E-state index in [1.54, 1.807) is 36.3 Å². The third-order valence-corrected chi connectivity index (χ3v) is 6.42. The highest BCUT2D eigenvalue weighted by molar-refractivity contribution is 7.99. The first-order valence-electron chi connectivity index (χ1n) is 9.52. The van der Waals surface area contributed by atoms with Gasteiger partial charge < -0.3 is 0 Å². The van der Waals surface area contributed by atoms with Crippen LogP contribution < -0.4 is 5.32 Å². The van der Waals surface area contributed by atoms with Crippen molar-refractivity contribution in [1.82, 2.24) is 9.97 Å². The average molecular weight is 432 g/mol. The molecule has 0 bridgehead atoms. The summed E-state index contributed by atoms with van der Waals surface area (Å²) in [6, 6.07) is 16.3. The number of carbonyl (C=O) groups excluding carboxylic acids is 1. The number of nitrogens with one attached hydrogen (secondary N) is 1. The van der Waals surface area contributed by atoms with E-state index in [0.717, 1.165) is 11.3 Å². The Bertz CT molecular complexity index is 1160. The van der Waals surface area contributed by atoms with Gasteiger partial charge in [0.15, 0.2) is 5.13 Å². The molecule has 0 unspecified atom stereocenters. The quantitative estimate of drug-likeness (QED) is 0.390. The smallest absolute Gasteiger partial charge is 0.257 e. The molecule has 0 aliphatic rings. The molecule has 1 amide bonds. The van der Waals surface area contributed by atoms with Crippen molar-refractivity contribution in [3.63, 3.8) is 0 Å². The second-order valence-electron chi connectivity index (χ2n) is 7.08. The Morgan fingerprint density at radius 2 is 1.60 bits per heavy atom. The van der Waals surface area contributed by atoms with Gasteiger partial charge in [-0.25, -0.2) is 4.98 Å². The van der Waals surface area contributed by atoms with E-state index in [4.69, 9.17) is 0 Å². The fourth-order valence-corrected chi connectivity index (χ4v) is 4.96. The highest BCUT2D eigenvalue weighted by Gasteiger charge is 2.14. The number of aryl methyl sites for hydroxylation is 3. The van der Waals surface area contributed by atoms with E-state index in [2.05, 4.69) is 72.5 Å². The minimum atomic E-state index is -0.184. The number of hydrogen-bond donors (Lipinski definition) is 1. The van der Waals surface area contributed by atoms with Crippen LogP contribution in [-0.2, 0) is 0 Å². The summed E-state index contributed by atoms with van der Waals surface area (Å²) in [6.45, 7) is 6.31. The molecule has 2 heterocycles. The number of amides is 1. The summed E-state index contributed by atoms with van der Waals surface area (Å²) in [7, 11) is 0. The molecule has 0 saturated heterocycles. The Labute approximate surface area is 184 Å². The molecule has 6 heteroatoms. The number of aromatic nitrogens is 2. The molecule has 4 nitrogen and oxygen atoms in total. The first kappa shape index (κ1) is 20.3. The lowest BCUT2D eigenvalue weighted by molar-refractivity contribution is 0.102. The third kappa shape index (κ3) is 4.61. The van der Waals surface area contributed by atoms with Gasteiger partial charge in [0.1, 0.15) is 0 Å². The topological polar surface area (TPSA) is 54.9 Å². The van der Waals surface area contributed by atoms with Crippen molar-refractivity contribution in [2.24, 2.45) is 0 Å². The average Bonchev–Trinajstić information content (AvgIpc) is 3.18. The molecule has 0 saturated carbocycles. The Kier molecular flexibility index (Phi) is 5.97. The Balaban J connectivity index is 1.54. The van der Waals surface area contributed by atoms with E-state index in [9.17, 15) is 4.79 Å². The van der Waals surface area contributed by atoms with Crippen LogP contribution in [0.15, 0.2) is 76.1 Å².